The molecule has 0 radical (unpaired) electrons. The van der Waals surface area contributed by atoms with Crippen LogP contribution in [-0.2, 0) is 11.3 Å². The summed E-state index contributed by atoms with van der Waals surface area (Å²) < 4.78 is 0. The molecule has 0 aliphatic carbocycles. The lowest BCUT2D eigenvalue weighted by molar-refractivity contribution is -0.128. The maximum atomic E-state index is 12.2. The largest absolute Gasteiger partial charge is 0.356 e. The molecule has 2 atom stereocenters. The first kappa shape index (κ1) is 24.9. The first-order chi connectivity index (χ1) is 13.9. The lowest BCUT2D eigenvalue weighted by Crippen LogP contribution is -2.54. The van der Waals surface area contributed by atoms with Crippen molar-refractivity contribution in [3.8, 4) is 0 Å². The molecule has 7 heteroatoms. The van der Waals surface area contributed by atoms with Gasteiger partial charge >= 0.3 is 0 Å². The molecule has 1 aromatic carbocycles. The lowest BCUT2D eigenvalue weighted by atomic mass is 9.92. The van der Waals surface area contributed by atoms with Crippen LogP contribution < -0.4 is 16.0 Å². The number of amides is 1. The fourth-order valence-corrected chi connectivity index (χ4v) is 4.62. The van der Waals surface area contributed by atoms with Crippen LogP contribution >= 0.6 is 24.0 Å². The molecule has 2 unspecified atom stereocenters. The average molecular weight is 527 g/mol. The number of nitrogens with one attached hydrogen (secondary N) is 3. The highest BCUT2D eigenvalue weighted by Crippen LogP contribution is 2.36. The van der Waals surface area contributed by atoms with Crippen LogP contribution in [0, 0.1) is 5.41 Å². The summed E-state index contributed by atoms with van der Waals surface area (Å²) in [6.45, 7) is 8.12. The summed E-state index contributed by atoms with van der Waals surface area (Å²) in [7, 11) is 1.80. The van der Waals surface area contributed by atoms with Crippen LogP contribution in [0.3, 0.4) is 0 Å². The van der Waals surface area contributed by atoms with Crippen molar-refractivity contribution in [2.24, 2.45) is 10.4 Å². The van der Waals surface area contributed by atoms with Gasteiger partial charge in [0.25, 0.3) is 0 Å². The number of piperidine rings is 1. The maximum absolute atomic E-state index is 12.2. The highest BCUT2D eigenvalue weighted by Gasteiger charge is 2.40. The molecule has 1 amide bonds. The zero-order valence-electron chi connectivity index (χ0n) is 18.8. The van der Waals surface area contributed by atoms with Gasteiger partial charge in [-0.05, 0) is 52.0 Å². The molecule has 2 fully saturated rings. The van der Waals surface area contributed by atoms with Crippen LogP contribution in [0.4, 0.5) is 0 Å². The van der Waals surface area contributed by atoms with E-state index in [0.29, 0.717) is 31.2 Å². The second-order valence-electron chi connectivity index (χ2n) is 9.02. The number of fused-ring (bicyclic) bond motifs is 2. The Labute approximate surface area is 198 Å². The summed E-state index contributed by atoms with van der Waals surface area (Å²) >= 11 is 0. The Morgan fingerprint density at radius 1 is 1.13 bits per heavy atom. The molecule has 2 aliphatic heterocycles. The smallest absolute Gasteiger partial charge is 0.227 e. The van der Waals surface area contributed by atoms with Crippen molar-refractivity contribution in [2.75, 3.05) is 20.1 Å². The number of guanidine groups is 1. The highest BCUT2D eigenvalue weighted by molar-refractivity contribution is 14.0. The van der Waals surface area contributed by atoms with E-state index in [0.717, 1.165) is 25.3 Å². The lowest BCUT2D eigenvalue weighted by Gasteiger charge is -2.39. The van der Waals surface area contributed by atoms with Gasteiger partial charge in [0.1, 0.15) is 0 Å². The number of carbonyl (C=O) groups is 1. The minimum absolute atomic E-state index is 0. The van der Waals surface area contributed by atoms with E-state index in [-0.39, 0.29) is 29.9 Å². The average Bonchev–Trinajstić information content (AvgIpc) is 2.94. The molecular weight excluding hydrogens is 489 g/mol. The molecule has 6 nitrogen and oxygen atoms in total. The van der Waals surface area contributed by atoms with Crippen LogP contribution in [0.5, 0.6) is 0 Å². The highest BCUT2D eigenvalue weighted by atomic mass is 127. The van der Waals surface area contributed by atoms with Gasteiger partial charge in [-0.3, -0.25) is 14.7 Å². The summed E-state index contributed by atoms with van der Waals surface area (Å²) in [4.78, 5) is 19.3. The third kappa shape index (κ3) is 6.33. The molecule has 0 aromatic heterocycles. The van der Waals surface area contributed by atoms with Gasteiger partial charge in [-0.25, -0.2) is 0 Å². The molecule has 30 heavy (non-hydrogen) atoms. The van der Waals surface area contributed by atoms with Gasteiger partial charge < -0.3 is 16.0 Å². The van der Waals surface area contributed by atoms with Crippen LogP contribution in [0.15, 0.2) is 35.3 Å². The van der Waals surface area contributed by atoms with Gasteiger partial charge in [0.15, 0.2) is 5.96 Å². The molecule has 2 heterocycles. The normalized spacial score (nSPS) is 24.1. The Kier molecular flexibility index (Phi) is 9.40. The molecule has 168 valence electrons. The van der Waals surface area contributed by atoms with E-state index in [1.165, 1.54) is 18.4 Å². The molecule has 2 bridgehead atoms. The minimum Gasteiger partial charge on any atom is -0.356 e. The fourth-order valence-electron chi connectivity index (χ4n) is 4.62. The Hall–Kier alpha value is -1.35. The minimum atomic E-state index is -0.480. The number of benzene rings is 1. The summed E-state index contributed by atoms with van der Waals surface area (Å²) in [5.41, 5.74) is 0.923. The van der Waals surface area contributed by atoms with E-state index in [1.54, 1.807) is 7.05 Å². The zero-order valence-corrected chi connectivity index (χ0v) is 21.1. The summed E-state index contributed by atoms with van der Waals surface area (Å²) in [5.74, 6) is 0.860. The zero-order chi connectivity index (χ0) is 20.9. The second kappa shape index (κ2) is 11.3. The van der Waals surface area contributed by atoms with E-state index in [1.807, 2.05) is 20.8 Å². The number of rotatable bonds is 7. The molecule has 3 rings (SSSR count). The van der Waals surface area contributed by atoms with Crippen molar-refractivity contribution in [3.05, 3.63) is 35.9 Å². The van der Waals surface area contributed by atoms with Gasteiger partial charge in [0, 0.05) is 44.8 Å². The summed E-state index contributed by atoms with van der Waals surface area (Å²) in [5, 5.41) is 9.89. The predicted molar refractivity (Wildman–Crippen MR) is 134 cm³/mol. The third-order valence-corrected chi connectivity index (χ3v) is 6.31. The van der Waals surface area contributed by atoms with Crippen LogP contribution in [-0.4, -0.2) is 55.0 Å². The Bertz CT molecular complexity index is 695. The number of halogens is 1. The first-order valence-corrected chi connectivity index (χ1v) is 11.0. The summed E-state index contributed by atoms with van der Waals surface area (Å²) in [6, 6.07) is 12.5. The summed E-state index contributed by atoms with van der Waals surface area (Å²) in [6.07, 6.45) is 4.85. The van der Waals surface area contributed by atoms with E-state index < -0.39 is 5.41 Å². The van der Waals surface area contributed by atoms with Crippen molar-refractivity contribution >= 4 is 35.8 Å². The van der Waals surface area contributed by atoms with Crippen molar-refractivity contribution in [3.63, 3.8) is 0 Å². The Morgan fingerprint density at radius 2 is 1.77 bits per heavy atom. The Balaban J connectivity index is 0.00000320. The standard InChI is InChI=1S/C23H37N5O.HI/c1-5-25-21(29)23(2,3)16-26-22(24-4)27-18-13-19-11-12-20(14-18)28(19)15-17-9-7-6-8-10-17;/h6-10,18-20H,5,11-16H2,1-4H3,(H,25,29)(H2,24,26,27);1H. The topological polar surface area (TPSA) is 68.8 Å². The van der Waals surface area contributed by atoms with E-state index in [9.17, 15) is 4.79 Å². The molecule has 2 saturated heterocycles. The molecular formula is C23H38IN5O. The van der Waals surface area contributed by atoms with Gasteiger partial charge in [-0.15, -0.1) is 24.0 Å². The van der Waals surface area contributed by atoms with E-state index in [4.69, 9.17) is 0 Å². The third-order valence-electron chi connectivity index (χ3n) is 6.31. The van der Waals surface area contributed by atoms with Crippen LogP contribution in [0.25, 0.3) is 0 Å². The molecule has 0 saturated carbocycles. The fraction of sp³-hybridized carbons (Fsp3) is 0.652. The predicted octanol–water partition coefficient (Wildman–Crippen LogP) is 3.13. The van der Waals surface area contributed by atoms with Crippen LogP contribution in [0.1, 0.15) is 52.0 Å². The number of hydrogen-bond donors (Lipinski definition) is 3. The maximum Gasteiger partial charge on any atom is 0.227 e. The van der Waals surface area contributed by atoms with E-state index >= 15 is 0 Å². The Morgan fingerprint density at radius 3 is 2.33 bits per heavy atom. The molecule has 0 spiro atoms. The molecule has 1 aromatic rings. The number of carbonyl (C=O) groups excluding carboxylic acids is 1. The van der Waals surface area contributed by atoms with Gasteiger partial charge in [-0.1, -0.05) is 30.3 Å². The van der Waals surface area contributed by atoms with Gasteiger partial charge in [0.05, 0.1) is 5.41 Å². The quantitative estimate of drug-likeness (QED) is 0.290. The van der Waals surface area contributed by atoms with Crippen molar-refractivity contribution < 1.29 is 4.79 Å². The SMILES string of the molecule is CCNC(=O)C(C)(C)CNC(=NC)NC1CC2CCC(C1)N2Cc1ccccc1.I. The van der Waals surface area contributed by atoms with Gasteiger partial charge in [0.2, 0.25) is 5.91 Å². The van der Waals surface area contributed by atoms with Crippen molar-refractivity contribution in [1.29, 1.82) is 0 Å². The molecule has 2 aliphatic rings. The van der Waals surface area contributed by atoms with Crippen LogP contribution in [0.2, 0.25) is 0 Å². The van der Waals surface area contributed by atoms with Crippen molar-refractivity contribution in [1.82, 2.24) is 20.9 Å². The molecule has 3 N–H and O–H groups in total. The van der Waals surface area contributed by atoms with Crippen molar-refractivity contribution in [2.45, 2.75) is 71.1 Å². The van der Waals surface area contributed by atoms with Gasteiger partial charge in [-0.2, -0.15) is 0 Å². The number of nitrogens with zero attached hydrogens (tertiary/aromatic N) is 2. The number of hydrogen-bond acceptors (Lipinski definition) is 3. The second-order valence-corrected chi connectivity index (χ2v) is 9.02. The monoisotopic (exact) mass is 527 g/mol. The number of aliphatic imine (C=N–C) groups is 1. The van der Waals surface area contributed by atoms with E-state index in [2.05, 4.69) is 56.2 Å². The first-order valence-electron chi connectivity index (χ1n) is 11.0.